The average Bonchev–Trinajstić information content (AvgIpc) is 2.54. The molecular formula is C16H22N4O. The number of hydrazine groups is 1. The summed E-state index contributed by atoms with van der Waals surface area (Å²) >= 11 is 0. The summed E-state index contributed by atoms with van der Waals surface area (Å²) in [6, 6.07) is 9.79. The van der Waals surface area contributed by atoms with Crippen molar-refractivity contribution < 1.29 is 4.74 Å². The maximum absolute atomic E-state index is 5.79. The molecule has 0 aliphatic heterocycles. The smallest absolute Gasteiger partial charge is 0.224 e. The highest BCUT2D eigenvalue weighted by Crippen LogP contribution is 2.25. The molecule has 3 N–H and O–H groups in total. The standard InChI is InChI=1S/C16H22N4O/c1-4-11(3)12-6-8-13(9-7-12)21-16-10-15(20-17)18-14(5-2)19-16/h6-11H,4-5,17H2,1-3H3,(H,18,19,20). The van der Waals surface area contributed by atoms with Gasteiger partial charge in [0.1, 0.15) is 17.4 Å². The normalized spacial score (nSPS) is 12.0. The number of ether oxygens (including phenoxy) is 1. The molecule has 1 aromatic heterocycles. The van der Waals surface area contributed by atoms with Crippen molar-refractivity contribution in [2.45, 2.75) is 39.5 Å². The second-order valence-electron chi connectivity index (χ2n) is 4.99. The van der Waals surface area contributed by atoms with Gasteiger partial charge in [-0.25, -0.2) is 10.8 Å². The summed E-state index contributed by atoms with van der Waals surface area (Å²) < 4.78 is 5.79. The molecule has 5 nitrogen and oxygen atoms in total. The Labute approximate surface area is 125 Å². The van der Waals surface area contributed by atoms with Crippen LogP contribution in [0.2, 0.25) is 0 Å². The average molecular weight is 286 g/mol. The fourth-order valence-electron chi connectivity index (χ4n) is 1.98. The summed E-state index contributed by atoms with van der Waals surface area (Å²) in [6.07, 6.45) is 1.84. The van der Waals surface area contributed by atoms with Crippen LogP contribution in [0.5, 0.6) is 11.6 Å². The third kappa shape index (κ3) is 3.92. The van der Waals surface area contributed by atoms with Crippen molar-refractivity contribution in [1.82, 2.24) is 9.97 Å². The maximum atomic E-state index is 5.79. The lowest BCUT2D eigenvalue weighted by Crippen LogP contribution is -2.10. The van der Waals surface area contributed by atoms with Gasteiger partial charge >= 0.3 is 0 Å². The molecule has 1 atom stereocenters. The van der Waals surface area contributed by atoms with E-state index in [1.807, 2.05) is 19.1 Å². The molecule has 0 aliphatic carbocycles. The Bertz CT molecular complexity index is 561. The first kappa shape index (κ1) is 15.3. The van der Waals surface area contributed by atoms with Crippen molar-refractivity contribution >= 4 is 5.82 Å². The number of anilines is 1. The van der Waals surface area contributed by atoms with E-state index in [-0.39, 0.29) is 0 Å². The van der Waals surface area contributed by atoms with Gasteiger partial charge < -0.3 is 10.2 Å². The van der Waals surface area contributed by atoms with Gasteiger partial charge in [-0.3, -0.25) is 0 Å². The molecule has 0 saturated heterocycles. The van der Waals surface area contributed by atoms with Crippen LogP contribution in [0.1, 0.15) is 44.5 Å². The molecule has 0 amide bonds. The lowest BCUT2D eigenvalue weighted by Gasteiger charge is -2.11. The minimum absolute atomic E-state index is 0.492. The first-order valence-electron chi connectivity index (χ1n) is 7.28. The molecule has 2 aromatic rings. The number of benzene rings is 1. The van der Waals surface area contributed by atoms with Gasteiger partial charge in [0.05, 0.1) is 0 Å². The molecular weight excluding hydrogens is 264 g/mol. The zero-order valence-electron chi connectivity index (χ0n) is 12.8. The van der Waals surface area contributed by atoms with Gasteiger partial charge in [-0.15, -0.1) is 0 Å². The van der Waals surface area contributed by atoms with Crippen molar-refractivity contribution in [3.8, 4) is 11.6 Å². The zero-order chi connectivity index (χ0) is 15.2. The van der Waals surface area contributed by atoms with Crippen LogP contribution in [0.4, 0.5) is 5.82 Å². The second-order valence-corrected chi connectivity index (χ2v) is 4.99. The van der Waals surface area contributed by atoms with Crippen molar-refractivity contribution in [2.75, 3.05) is 5.43 Å². The third-order valence-electron chi connectivity index (χ3n) is 3.50. The third-order valence-corrected chi connectivity index (χ3v) is 3.50. The Kier molecular flexibility index (Phi) is 5.11. The van der Waals surface area contributed by atoms with E-state index in [1.165, 1.54) is 5.56 Å². The highest BCUT2D eigenvalue weighted by molar-refractivity contribution is 5.39. The van der Waals surface area contributed by atoms with E-state index >= 15 is 0 Å². The molecule has 21 heavy (non-hydrogen) atoms. The first-order chi connectivity index (χ1) is 10.2. The summed E-state index contributed by atoms with van der Waals surface area (Å²) in [5.41, 5.74) is 3.84. The summed E-state index contributed by atoms with van der Waals surface area (Å²) in [5, 5.41) is 0. The van der Waals surface area contributed by atoms with E-state index in [9.17, 15) is 0 Å². The van der Waals surface area contributed by atoms with Crippen LogP contribution in [-0.2, 0) is 6.42 Å². The van der Waals surface area contributed by atoms with Crippen molar-refractivity contribution in [1.29, 1.82) is 0 Å². The number of nitrogens with two attached hydrogens (primary N) is 1. The predicted octanol–water partition coefficient (Wildman–Crippen LogP) is 3.63. The highest BCUT2D eigenvalue weighted by Gasteiger charge is 2.06. The lowest BCUT2D eigenvalue weighted by molar-refractivity contribution is 0.459. The molecule has 112 valence electrons. The van der Waals surface area contributed by atoms with Gasteiger partial charge in [0.25, 0.3) is 0 Å². The van der Waals surface area contributed by atoms with Crippen LogP contribution in [-0.4, -0.2) is 9.97 Å². The maximum Gasteiger partial charge on any atom is 0.224 e. The van der Waals surface area contributed by atoms with E-state index in [0.29, 0.717) is 23.4 Å². The predicted molar refractivity (Wildman–Crippen MR) is 84.4 cm³/mol. The number of nitrogens with zero attached hydrogens (tertiary/aromatic N) is 2. The molecule has 5 heteroatoms. The largest absolute Gasteiger partial charge is 0.439 e. The van der Waals surface area contributed by atoms with Crippen LogP contribution < -0.4 is 16.0 Å². The molecule has 0 fully saturated rings. The van der Waals surface area contributed by atoms with Gasteiger partial charge in [-0.2, -0.15) is 4.98 Å². The molecule has 1 unspecified atom stereocenters. The Balaban J connectivity index is 2.17. The summed E-state index contributed by atoms with van der Waals surface area (Å²) in [4.78, 5) is 8.57. The van der Waals surface area contributed by atoms with E-state index in [2.05, 4.69) is 41.4 Å². The molecule has 0 spiro atoms. The zero-order valence-corrected chi connectivity index (χ0v) is 12.8. The van der Waals surface area contributed by atoms with Gasteiger partial charge in [0.15, 0.2) is 0 Å². The number of aryl methyl sites for hydroxylation is 1. The van der Waals surface area contributed by atoms with Gasteiger partial charge in [-0.1, -0.05) is 32.9 Å². The fraction of sp³-hybridized carbons (Fsp3) is 0.375. The highest BCUT2D eigenvalue weighted by atomic mass is 16.5. The molecule has 2 rings (SSSR count). The molecule has 0 radical (unpaired) electrons. The van der Waals surface area contributed by atoms with Crippen LogP contribution in [0.25, 0.3) is 0 Å². The number of nitrogens with one attached hydrogen (secondary N) is 1. The molecule has 1 heterocycles. The molecule has 0 aliphatic rings. The molecule has 0 bridgehead atoms. The molecule has 0 saturated carbocycles. The van der Waals surface area contributed by atoms with Gasteiger partial charge in [-0.05, 0) is 30.0 Å². The van der Waals surface area contributed by atoms with E-state index in [4.69, 9.17) is 10.6 Å². The summed E-state index contributed by atoms with van der Waals surface area (Å²) in [6.45, 7) is 6.39. The minimum atomic E-state index is 0.492. The van der Waals surface area contributed by atoms with Gasteiger partial charge in [0, 0.05) is 12.5 Å². The topological polar surface area (TPSA) is 73.1 Å². The monoisotopic (exact) mass is 286 g/mol. The van der Waals surface area contributed by atoms with Crippen LogP contribution in [0, 0.1) is 0 Å². The SMILES string of the molecule is CCc1nc(NN)cc(Oc2ccc(C(C)CC)cc2)n1. The minimum Gasteiger partial charge on any atom is -0.439 e. The fourth-order valence-corrected chi connectivity index (χ4v) is 1.98. The van der Waals surface area contributed by atoms with E-state index in [0.717, 1.165) is 18.6 Å². The Morgan fingerprint density at radius 1 is 1.19 bits per heavy atom. The number of hydrogen-bond donors (Lipinski definition) is 2. The van der Waals surface area contributed by atoms with Crippen molar-refractivity contribution in [3.05, 3.63) is 41.7 Å². The quantitative estimate of drug-likeness (QED) is 0.626. The van der Waals surface area contributed by atoms with Crippen LogP contribution in [0.15, 0.2) is 30.3 Å². The first-order valence-corrected chi connectivity index (χ1v) is 7.28. The number of aromatic nitrogens is 2. The van der Waals surface area contributed by atoms with Crippen molar-refractivity contribution in [2.24, 2.45) is 5.84 Å². The number of rotatable bonds is 6. The van der Waals surface area contributed by atoms with E-state index < -0.39 is 0 Å². The Morgan fingerprint density at radius 3 is 2.48 bits per heavy atom. The number of hydrogen-bond acceptors (Lipinski definition) is 5. The lowest BCUT2D eigenvalue weighted by atomic mass is 9.99. The Hall–Kier alpha value is -2.14. The number of nitrogen functional groups attached to an aromatic ring is 1. The summed E-state index contributed by atoms with van der Waals surface area (Å²) in [5.74, 6) is 8.45. The van der Waals surface area contributed by atoms with E-state index in [1.54, 1.807) is 6.07 Å². The van der Waals surface area contributed by atoms with Crippen molar-refractivity contribution in [3.63, 3.8) is 0 Å². The Morgan fingerprint density at radius 2 is 1.90 bits per heavy atom. The second kappa shape index (κ2) is 7.04. The summed E-state index contributed by atoms with van der Waals surface area (Å²) in [7, 11) is 0. The van der Waals surface area contributed by atoms with Crippen LogP contribution >= 0.6 is 0 Å². The molecule has 1 aromatic carbocycles. The van der Waals surface area contributed by atoms with Gasteiger partial charge in [0.2, 0.25) is 5.88 Å². The van der Waals surface area contributed by atoms with Crippen LogP contribution in [0.3, 0.4) is 0 Å².